The quantitative estimate of drug-likeness (QED) is 0.900. The maximum atomic E-state index is 13.6. The molecule has 7 heteroatoms. The SMILES string of the molecule is O=C(O)C1CCCN(C(=O)NCc2ccc(Cl)cc2F)C1. The Kier molecular flexibility index (Phi) is 5.01. The lowest BCUT2D eigenvalue weighted by molar-refractivity contribution is -0.143. The van der Waals surface area contributed by atoms with Crippen LogP contribution < -0.4 is 5.32 Å². The van der Waals surface area contributed by atoms with Gasteiger partial charge in [0.25, 0.3) is 0 Å². The van der Waals surface area contributed by atoms with Crippen molar-refractivity contribution >= 4 is 23.6 Å². The molecule has 1 atom stereocenters. The first kappa shape index (κ1) is 15.6. The zero-order valence-corrected chi connectivity index (χ0v) is 12.1. The highest BCUT2D eigenvalue weighted by molar-refractivity contribution is 6.30. The van der Waals surface area contributed by atoms with Crippen LogP contribution in [0.15, 0.2) is 18.2 Å². The Morgan fingerprint density at radius 2 is 2.24 bits per heavy atom. The van der Waals surface area contributed by atoms with Crippen molar-refractivity contribution in [1.82, 2.24) is 10.2 Å². The molecule has 2 rings (SSSR count). The molecule has 1 unspecified atom stereocenters. The van der Waals surface area contributed by atoms with Crippen molar-refractivity contribution in [2.24, 2.45) is 5.92 Å². The first-order valence-corrected chi connectivity index (χ1v) is 7.04. The van der Waals surface area contributed by atoms with Gasteiger partial charge in [-0.1, -0.05) is 17.7 Å². The predicted octanol–water partition coefficient (Wildman–Crippen LogP) is 2.49. The van der Waals surface area contributed by atoms with Gasteiger partial charge in [0.1, 0.15) is 5.82 Å². The van der Waals surface area contributed by atoms with E-state index in [1.54, 1.807) is 6.07 Å². The number of amides is 2. The Bertz CT molecular complexity index is 553. The maximum Gasteiger partial charge on any atom is 0.317 e. The number of benzene rings is 1. The fraction of sp³-hybridized carbons (Fsp3) is 0.429. The van der Waals surface area contributed by atoms with Crippen molar-refractivity contribution in [2.75, 3.05) is 13.1 Å². The van der Waals surface area contributed by atoms with Gasteiger partial charge in [-0.15, -0.1) is 0 Å². The molecule has 1 fully saturated rings. The number of piperidine rings is 1. The number of likely N-dealkylation sites (tertiary alicyclic amines) is 1. The van der Waals surface area contributed by atoms with E-state index < -0.39 is 17.7 Å². The Morgan fingerprint density at radius 1 is 1.48 bits per heavy atom. The number of carbonyl (C=O) groups is 2. The third kappa shape index (κ3) is 4.07. The van der Waals surface area contributed by atoms with Crippen molar-refractivity contribution in [3.05, 3.63) is 34.6 Å². The van der Waals surface area contributed by atoms with Crippen LogP contribution in [0.5, 0.6) is 0 Å². The summed E-state index contributed by atoms with van der Waals surface area (Å²) in [6, 6.07) is 3.86. The average molecular weight is 315 g/mol. The molecule has 114 valence electrons. The van der Waals surface area contributed by atoms with E-state index in [-0.39, 0.29) is 19.1 Å². The fourth-order valence-corrected chi connectivity index (χ4v) is 2.47. The average Bonchev–Trinajstić information content (AvgIpc) is 2.46. The summed E-state index contributed by atoms with van der Waals surface area (Å²) in [6.45, 7) is 0.735. The zero-order valence-electron chi connectivity index (χ0n) is 11.3. The summed E-state index contributed by atoms with van der Waals surface area (Å²) < 4.78 is 13.6. The second-order valence-corrected chi connectivity index (χ2v) is 5.45. The molecule has 1 saturated heterocycles. The van der Waals surface area contributed by atoms with Gasteiger partial charge in [-0.3, -0.25) is 4.79 Å². The van der Waals surface area contributed by atoms with Crippen molar-refractivity contribution in [3.8, 4) is 0 Å². The van der Waals surface area contributed by atoms with E-state index in [1.807, 2.05) is 0 Å². The maximum absolute atomic E-state index is 13.6. The Labute approximate surface area is 126 Å². The minimum absolute atomic E-state index is 0.0378. The number of hydrogen-bond donors (Lipinski definition) is 2. The van der Waals surface area contributed by atoms with E-state index >= 15 is 0 Å². The molecule has 1 aromatic carbocycles. The van der Waals surface area contributed by atoms with E-state index in [2.05, 4.69) is 5.32 Å². The van der Waals surface area contributed by atoms with Gasteiger partial charge < -0.3 is 15.3 Å². The lowest BCUT2D eigenvalue weighted by Crippen LogP contribution is -2.46. The van der Waals surface area contributed by atoms with Gasteiger partial charge in [0.15, 0.2) is 0 Å². The monoisotopic (exact) mass is 314 g/mol. The molecule has 0 radical (unpaired) electrons. The Morgan fingerprint density at radius 3 is 2.90 bits per heavy atom. The fourth-order valence-electron chi connectivity index (χ4n) is 2.31. The van der Waals surface area contributed by atoms with E-state index in [9.17, 15) is 14.0 Å². The minimum atomic E-state index is -0.892. The van der Waals surface area contributed by atoms with Gasteiger partial charge in [0, 0.05) is 30.2 Å². The van der Waals surface area contributed by atoms with E-state index in [0.717, 1.165) is 0 Å². The largest absolute Gasteiger partial charge is 0.481 e. The molecule has 0 spiro atoms. The number of carbonyl (C=O) groups excluding carboxylic acids is 1. The zero-order chi connectivity index (χ0) is 15.4. The van der Waals surface area contributed by atoms with E-state index in [4.69, 9.17) is 16.7 Å². The number of nitrogens with zero attached hydrogens (tertiary/aromatic N) is 1. The summed E-state index contributed by atoms with van der Waals surface area (Å²) in [6.07, 6.45) is 1.23. The Balaban J connectivity index is 1.90. The standard InChI is InChI=1S/C14H16ClFN2O3/c15-11-4-3-9(12(16)6-11)7-17-14(21)18-5-1-2-10(8-18)13(19)20/h3-4,6,10H,1-2,5,7-8H2,(H,17,21)(H,19,20). The van der Waals surface area contributed by atoms with Crippen molar-refractivity contribution < 1.29 is 19.1 Å². The minimum Gasteiger partial charge on any atom is -0.481 e. The molecule has 0 bridgehead atoms. The summed E-state index contributed by atoms with van der Waals surface area (Å²) in [5.74, 6) is -1.90. The molecule has 0 saturated carbocycles. The molecule has 0 aliphatic carbocycles. The Hall–Kier alpha value is -1.82. The van der Waals surface area contributed by atoms with Gasteiger partial charge in [0.2, 0.25) is 0 Å². The molecule has 1 aliphatic rings. The summed E-state index contributed by atoms with van der Waals surface area (Å²) in [5.41, 5.74) is 0.333. The number of hydrogen-bond acceptors (Lipinski definition) is 2. The van der Waals surface area contributed by atoms with E-state index in [1.165, 1.54) is 17.0 Å². The van der Waals surface area contributed by atoms with Crippen LogP contribution >= 0.6 is 11.6 Å². The first-order valence-electron chi connectivity index (χ1n) is 6.67. The van der Waals surface area contributed by atoms with Crippen LogP contribution in [0.25, 0.3) is 0 Å². The normalized spacial score (nSPS) is 18.4. The first-order chi connectivity index (χ1) is 9.97. The number of aliphatic carboxylic acids is 1. The molecule has 1 heterocycles. The smallest absolute Gasteiger partial charge is 0.317 e. The van der Waals surface area contributed by atoms with Crippen molar-refractivity contribution in [1.29, 1.82) is 0 Å². The summed E-state index contributed by atoms with van der Waals surface area (Å²) in [5, 5.41) is 11.9. The van der Waals surface area contributed by atoms with Crippen LogP contribution in [0.4, 0.5) is 9.18 Å². The molecule has 1 aliphatic heterocycles. The van der Waals surface area contributed by atoms with Gasteiger partial charge in [-0.05, 0) is 25.0 Å². The summed E-state index contributed by atoms with van der Waals surface area (Å²) in [7, 11) is 0. The predicted molar refractivity (Wildman–Crippen MR) is 75.6 cm³/mol. The van der Waals surface area contributed by atoms with Crippen molar-refractivity contribution in [2.45, 2.75) is 19.4 Å². The second-order valence-electron chi connectivity index (χ2n) is 5.02. The van der Waals surface area contributed by atoms with Crippen molar-refractivity contribution in [3.63, 3.8) is 0 Å². The number of carboxylic acids is 1. The topological polar surface area (TPSA) is 69.6 Å². The third-order valence-corrected chi connectivity index (χ3v) is 3.74. The third-order valence-electron chi connectivity index (χ3n) is 3.50. The number of rotatable bonds is 3. The van der Waals surface area contributed by atoms with E-state index in [0.29, 0.717) is 30.0 Å². The van der Waals surface area contributed by atoms with Gasteiger partial charge in [-0.25, -0.2) is 9.18 Å². The highest BCUT2D eigenvalue weighted by Crippen LogP contribution is 2.17. The van der Waals surface area contributed by atoms with Crippen LogP contribution in [0.2, 0.25) is 5.02 Å². The highest BCUT2D eigenvalue weighted by Gasteiger charge is 2.27. The number of nitrogens with one attached hydrogen (secondary N) is 1. The molecule has 21 heavy (non-hydrogen) atoms. The molecule has 5 nitrogen and oxygen atoms in total. The van der Waals surface area contributed by atoms with Crippen LogP contribution in [-0.2, 0) is 11.3 Å². The summed E-state index contributed by atoms with van der Waals surface area (Å²) >= 11 is 5.66. The number of carboxylic acid groups (broad SMARTS) is 1. The van der Waals surface area contributed by atoms with Crippen LogP contribution in [-0.4, -0.2) is 35.1 Å². The lowest BCUT2D eigenvalue weighted by Gasteiger charge is -2.30. The molecular weight excluding hydrogens is 299 g/mol. The number of urea groups is 1. The molecule has 2 N–H and O–H groups in total. The summed E-state index contributed by atoms with van der Waals surface area (Å²) in [4.78, 5) is 24.4. The second kappa shape index (κ2) is 6.76. The lowest BCUT2D eigenvalue weighted by atomic mass is 9.99. The molecular formula is C14H16ClFN2O3. The number of halogens is 2. The molecule has 2 amide bonds. The van der Waals surface area contributed by atoms with Gasteiger partial charge in [-0.2, -0.15) is 0 Å². The highest BCUT2D eigenvalue weighted by atomic mass is 35.5. The molecule has 1 aromatic rings. The van der Waals surface area contributed by atoms with Gasteiger partial charge in [0.05, 0.1) is 5.92 Å². The van der Waals surface area contributed by atoms with Crippen LogP contribution in [0.3, 0.4) is 0 Å². The molecule has 0 aromatic heterocycles. The van der Waals surface area contributed by atoms with Crippen LogP contribution in [0.1, 0.15) is 18.4 Å². The van der Waals surface area contributed by atoms with Gasteiger partial charge >= 0.3 is 12.0 Å². The van der Waals surface area contributed by atoms with Crippen LogP contribution in [0, 0.1) is 11.7 Å².